The van der Waals surface area contributed by atoms with Crippen molar-refractivity contribution in [2.45, 2.75) is 19.3 Å². The predicted octanol–water partition coefficient (Wildman–Crippen LogP) is 2.23. The fraction of sp³-hybridized carbons (Fsp3) is 0.444. The van der Waals surface area contributed by atoms with Gasteiger partial charge in [0.25, 0.3) is 5.91 Å². The number of carbonyl (C=O) groups is 1. The van der Waals surface area contributed by atoms with E-state index < -0.39 is 0 Å². The van der Waals surface area contributed by atoms with Gasteiger partial charge >= 0.3 is 0 Å². The summed E-state index contributed by atoms with van der Waals surface area (Å²) in [6.45, 7) is 3.76. The number of hydrogen-bond acceptors (Lipinski definition) is 3. The van der Waals surface area contributed by atoms with Gasteiger partial charge in [-0.3, -0.25) is 4.79 Å². The lowest BCUT2D eigenvalue weighted by Gasteiger charge is -2.38. The molecular formula is C18H21FN4O. The first-order valence-electron chi connectivity index (χ1n) is 8.47. The van der Waals surface area contributed by atoms with Crippen LogP contribution in [0.4, 0.5) is 4.39 Å². The lowest BCUT2D eigenvalue weighted by atomic mass is 9.78. The first-order chi connectivity index (χ1) is 11.7. The van der Waals surface area contributed by atoms with Crippen LogP contribution in [0, 0.1) is 11.2 Å². The average Bonchev–Trinajstić information content (AvgIpc) is 3.26. The van der Waals surface area contributed by atoms with Crippen LogP contribution in [0.1, 0.15) is 29.8 Å². The minimum atomic E-state index is -0.286. The molecule has 24 heavy (non-hydrogen) atoms. The van der Waals surface area contributed by atoms with Crippen LogP contribution in [-0.2, 0) is 0 Å². The van der Waals surface area contributed by atoms with Gasteiger partial charge in [-0.25, -0.2) is 9.07 Å². The zero-order valence-corrected chi connectivity index (χ0v) is 13.5. The molecule has 3 heterocycles. The van der Waals surface area contributed by atoms with Gasteiger partial charge in [-0.2, -0.15) is 5.10 Å². The van der Waals surface area contributed by atoms with Gasteiger partial charge in [0.15, 0.2) is 5.69 Å². The maximum Gasteiger partial charge on any atom is 0.274 e. The lowest BCUT2D eigenvalue weighted by Crippen LogP contribution is -2.44. The van der Waals surface area contributed by atoms with Crippen molar-refractivity contribution < 1.29 is 9.18 Å². The van der Waals surface area contributed by atoms with E-state index in [9.17, 15) is 9.18 Å². The van der Waals surface area contributed by atoms with Crippen LogP contribution in [0.15, 0.2) is 36.5 Å². The van der Waals surface area contributed by atoms with E-state index in [4.69, 9.17) is 0 Å². The normalized spacial score (nSPS) is 19.8. The predicted molar refractivity (Wildman–Crippen MR) is 88.6 cm³/mol. The molecule has 2 aliphatic rings. The van der Waals surface area contributed by atoms with E-state index in [1.807, 2.05) is 4.90 Å². The third kappa shape index (κ3) is 2.82. The van der Waals surface area contributed by atoms with Crippen LogP contribution >= 0.6 is 0 Å². The van der Waals surface area contributed by atoms with E-state index in [2.05, 4.69) is 10.4 Å². The number of amides is 1. The maximum atomic E-state index is 13.0. The van der Waals surface area contributed by atoms with Crippen molar-refractivity contribution in [3.63, 3.8) is 0 Å². The molecule has 126 valence electrons. The van der Waals surface area contributed by atoms with E-state index in [1.54, 1.807) is 29.1 Å². The van der Waals surface area contributed by atoms with Gasteiger partial charge in [-0.05, 0) is 61.6 Å². The van der Waals surface area contributed by atoms with Gasteiger partial charge in [0.2, 0.25) is 0 Å². The standard InChI is InChI=1S/C18H21FN4O/c19-14-1-3-15(4-2-14)23-10-5-16(21-23)17(24)22-11-7-18(8-12-22)6-9-20-13-18/h1-5,10,20H,6-9,11-13H2. The van der Waals surface area contributed by atoms with Crippen molar-refractivity contribution in [2.24, 2.45) is 5.41 Å². The first kappa shape index (κ1) is 15.3. The van der Waals surface area contributed by atoms with Crippen LogP contribution in [0.25, 0.3) is 5.69 Å². The van der Waals surface area contributed by atoms with E-state index in [0.29, 0.717) is 11.1 Å². The molecule has 0 bridgehead atoms. The molecule has 5 nitrogen and oxygen atoms in total. The zero-order chi connectivity index (χ0) is 16.6. The number of hydrogen-bond donors (Lipinski definition) is 1. The Morgan fingerprint density at radius 2 is 1.88 bits per heavy atom. The van der Waals surface area contributed by atoms with Crippen molar-refractivity contribution in [3.05, 3.63) is 48.0 Å². The maximum absolute atomic E-state index is 13.0. The highest BCUT2D eigenvalue weighted by Crippen LogP contribution is 2.37. The molecule has 6 heteroatoms. The molecule has 2 fully saturated rings. The average molecular weight is 328 g/mol. The number of nitrogens with zero attached hydrogens (tertiary/aromatic N) is 3. The van der Waals surface area contributed by atoms with Crippen molar-refractivity contribution in [1.29, 1.82) is 0 Å². The molecule has 0 saturated carbocycles. The SMILES string of the molecule is O=C(c1ccn(-c2ccc(F)cc2)n1)N1CCC2(CCNC2)CC1. The molecule has 2 saturated heterocycles. The summed E-state index contributed by atoms with van der Waals surface area (Å²) in [6.07, 6.45) is 5.08. The van der Waals surface area contributed by atoms with E-state index >= 15 is 0 Å². The molecule has 4 rings (SSSR count). The van der Waals surface area contributed by atoms with Crippen LogP contribution in [-0.4, -0.2) is 46.8 Å². The molecule has 1 aromatic carbocycles. The van der Waals surface area contributed by atoms with Gasteiger partial charge in [-0.15, -0.1) is 0 Å². The highest BCUT2D eigenvalue weighted by atomic mass is 19.1. The summed E-state index contributed by atoms with van der Waals surface area (Å²) in [4.78, 5) is 14.6. The second-order valence-corrected chi connectivity index (χ2v) is 6.84. The molecule has 0 atom stereocenters. The van der Waals surface area contributed by atoms with Gasteiger partial charge < -0.3 is 10.2 Å². The quantitative estimate of drug-likeness (QED) is 0.920. The monoisotopic (exact) mass is 328 g/mol. The molecule has 0 radical (unpaired) electrons. The minimum Gasteiger partial charge on any atom is -0.337 e. The van der Waals surface area contributed by atoms with Crippen molar-refractivity contribution in [1.82, 2.24) is 20.0 Å². The summed E-state index contributed by atoms with van der Waals surface area (Å²) in [6, 6.07) is 7.80. The Balaban J connectivity index is 1.45. The van der Waals surface area contributed by atoms with Crippen LogP contribution in [0.3, 0.4) is 0 Å². The van der Waals surface area contributed by atoms with E-state index in [-0.39, 0.29) is 11.7 Å². The molecule has 2 aliphatic heterocycles. The smallest absolute Gasteiger partial charge is 0.274 e. The summed E-state index contributed by atoms with van der Waals surface area (Å²) in [5.74, 6) is -0.303. The third-order valence-electron chi connectivity index (χ3n) is 5.34. The Bertz CT molecular complexity index is 724. The fourth-order valence-corrected chi connectivity index (χ4v) is 3.74. The molecule has 1 aromatic heterocycles. The number of likely N-dealkylation sites (tertiary alicyclic amines) is 1. The summed E-state index contributed by atoms with van der Waals surface area (Å²) in [7, 11) is 0. The second kappa shape index (κ2) is 6.02. The summed E-state index contributed by atoms with van der Waals surface area (Å²) >= 11 is 0. The molecule has 0 aliphatic carbocycles. The van der Waals surface area contributed by atoms with Crippen molar-refractivity contribution >= 4 is 5.91 Å². The number of halogens is 1. The summed E-state index contributed by atoms with van der Waals surface area (Å²) in [5.41, 5.74) is 1.58. The van der Waals surface area contributed by atoms with E-state index in [1.165, 1.54) is 18.6 Å². The van der Waals surface area contributed by atoms with Crippen molar-refractivity contribution in [2.75, 3.05) is 26.2 Å². The van der Waals surface area contributed by atoms with Gasteiger partial charge in [0.1, 0.15) is 5.82 Å². The highest BCUT2D eigenvalue weighted by molar-refractivity contribution is 5.92. The number of carbonyl (C=O) groups excluding carboxylic acids is 1. The largest absolute Gasteiger partial charge is 0.337 e. The fourth-order valence-electron chi connectivity index (χ4n) is 3.74. The number of nitrogens with one attached hydrogen (secondary N) is 1. The Hall–Kier alpha value is -2.21. The lowest BCUT2D eigenvalue weighted by molar-refractivity contribution is 0.0601. The van der Waals surface area contributed by atoms with E-state index in [0.717, 1.165) is 44.7 Å². The topological polar surface area (TPSA) is 50.2 Å². The molecule has 1 amide bonds. The number of piperidine rings is 1. The minimum absolute atomic E-state index is 0.0170. The van der Waals surface area contributed by atoms with Crippen LogP contribution < -0.4 is 5.32 Å². The molecule has 1 N–H and O–H groups in total. The molecular weight excluding hydrogens is 307 g/mol. The molecule has 2 aromatic rings. The van der Waals surface area contributed by atoms with Gasteiger partial charge in [-0.1, -0.05) is 0 Å². The number of rotatable bonds is 2. The Morgan fingerprint density at radius 3 is 2.54 bits per heavy atom. The number of aromatic nitrogens is 2. The Labute approximate surface area is 140 Å². The second-order valence-electron chi connectivity index (χ2n) is 6.84. The van der Waals surface area contributed by atoms with Crippen LogP contribution in [0.2, 0.25) is 0 Å². The van der Waals surface area contributed by atoms with Gasteiger partial charge in [0.05, 0.1) is 5.69 Å². The third-order valence-corrected chi connectivity index (χ3v) is 5.34. The zero-order valence-electron chi connectivity index (χ0n) is 13.5. The Morgan fingerprint density at radius 1 is 1.12 bits per heavy atom. The summed E-state index contributed by atoms with van der Waals surface area (Å²) in [5, 5.41) is 7.80. The number of benzene rings is 1. The van der Waals surface area contributed by atoms with Gasteiger partial charge in [0, 0.05) is 25.8 Å². The van der Waals surface area contributed by atoms with Crippen molar-refractivity contribution in [3.8, 4) is 5.69 Å². The Kier molecular flexibility index (Phi) is 3.84. The molecule has 1 spiro atoms. The first-order valence-corrected chi connectivity index (χ1v) is 8.47. The molecule has 0 unspecified atom stereocenters. The summed E-state index contributed by atoms with van der Waals surface area (Å²) < 4.78 is 14.6. The highest BCUT2D eigenvalue weighted by Gasteiger charge is 2.38. The van der Waals surface area contributed by atoms with Crippen LogP contribution in [0.5, 0.6) is 0 Å².